The van der Waals surface area contributed by atoms with E-state index in [2.05, 4.69) is 25.8 Å². The lowest BCUT2D eigenvalue weighted by molar-refractivity contribution is -0.123. The summed E-state index contributed by atoms with van der Waals surface area (Å²) in [4.78, 5) is 42.5. The molecular formula is C21H19N7O4S2. The Kier molecular flexibility index (Phi) is 7.54. The average molecular weight is 498 g/mol. The van der Waals surface area contributed by atoms with Crippen molar-refractivity contribution in [2.24, 2.45) is 0 Å². The van der Waals surface area contributed by atoms with E-state index in [9.17, 15) is 14.4 Å². The van der Waals surface area contributed by atoms with Crippen molar-refractivity contribution < 1.29 is 19.1 Å². The van der Waals surface area contributed by atoms with Crippen molar-refractivity contribution in [2.75, 3.05) is 26.0 Å². The van der Waals surface area contributed by atoms with Crippen molar-refractivity contribution >= 4 is 46.7 Å². The third-order valence-corrected chi connectivity index (χ3v) is 6.43. The highest BCUT2D eigenvalue weighted by Crippen LogP contribution is 2.31. The molecule has 13 heteroatoms. The molecule has 1 aliphatic heterocycles. The molecule has 0 aliphatic carbocycles. The summed E-state index contributed by atoms with van der Waals surface area (Å²) in [6.45, 7) is 0.218. The lowest BCUT2D eigenvalue weighted by Crippen LogP contribution is -2.37. The van der Waals surface area contributed by atoms with E-state index >= 15 is 0 Å². The number of hydrogen-bond acceptors (Lipinski definition) is 10. The van der Waals surface area contributed by atoms with Crippen LogP contribution in [-0.2, 0) is 9.59 Å². The van der Waals surface area contributed by atoms with Crippen LogP contribution in [0.3, 0.4) is 0 Å². The molecule has 0 atom stereocenters. The van der Waals surface area contributed by atoms with Gasteiger partial charge in [0.15, 0.2) is 0 Å². The predicted octanol–water partition coefficient (Wildman–Crippen LogP) is 2.01. The van der Waals surface area contributed by atoms with Crippen LogP contribution in [-0.4, -0.2) is 73.1 Å². The topological polar surface area (TPSA) is 132 Å². The van der Waals surface area contributed by atoms with Gasteiger partial charge in [-0.1, -0.05) is 17.8 Å². The maximum atomic E-state index is 12.5. The van der Waals surface area contributed by atoms with Crippen LogP contribution < -0.4 is 10.1 Å². The van der Waals surface area contributed by atoms with Crippen LogP contribution in [0, 0.1) is 0 Å². The van der Waals surface area contributed by atoms with Gasteiger partial charge in [-0.2, -0.15) is 4.68 Å². The van der Waals surface area contributed by atoms with Crippen LogP contribution in [0.5, 0.6) is 5.75 Å². The summed E-state index contributed by atoms with van der Waals surface area (Å²) in [7, 11) is 1.58. The number of imide groups is 1. The molecule has 3 heterocycles. The number of thioether (sulfide) groups is 2. The largest absolute Gasteiger partial charge is 0.497 e. The molecular weight excluding hydrogens is 478 g/mol. The fraction of sp³-hybridized carbons (Fsp3) is 0.190. The molecule has 1 fully saturated rings. The van der Waals surface area contributed by atoms with Crippen molar-refractivity contribution in [2.45, 2.75) is 5.16 Å². The first-order chi connectivity index (χ1) is 16.5. The smallest absolute Gasteiger partial charge is 0.293 e. The van der Waals surface area contributed by atoms with Gasteiger partial charge < -0.3 is 10.1 Å². The molecule has 1 N–H and O–H groups in total. The predicted molar refractivity (Wildman–Crippen MR) is 126 cm³/mol. The molecule has 3 amide bonds. The Morgan fingerprint density at radius 2 is 2.06 bits per heavy atom. The van der Waals surface area contributed by atoms with E-state index in [-0.39, 0.29) is 35.9 Å². The van der Waals surface area contributed by atoms with Gasteiger partial charge in [0.1, 0.15) is 5.75 Å². The molecule has 0 saturated carbocycles. The van der Waals surface area contributed by atoms with Gasteiger partial charge >= 0.3 is 0 Å². The number of aromatic nitrogens is 5. The van der Waals surface area contributed by atoms with Gasteiger partial charge in [0.25, 0.3) is 11.1 Å². The first kappa shape index (κ1) is 23.4. The second kappa shape index (κ2) is 10.9. The van der Waals surface area contributed by atoms with Gasteiger partial charge in [0, 0.05) is 25.5 Å². The van der Waals surface area contributed by atoms with Gasteiger partial charge in [0.05, 0.1) is 23.5 Å². The van der Waals surface area contributed by atoms with Gasteiger partial charge in [-0.25, -0.2) is 0 Å². The Morgan fingerprint density at radius 3 is 2.79 bits per heavy atom. The highest BCUT2D eigenvalue weighted by molar-refractivity contribution is 8.18. The molecule has 1 aromatic carbocycles. The van der Waals surface area contributed by atoms with Gasteiger partial charge in [-0.05, 0) is 64.2 Å². The quantitative estimate of drug-likeness (QED) is 0.346. The number of tetrazole rings is 1. The number of pyridine rings is 1. The number of nitrogens with zero attached hydrogens (tertiary/aromatic N) is 6. The third-order valence-electron chi connectivity index (χ3n) is 4.60. The van der Waals surface area contributed by atoms with Crippen LogP contribution in [0.4, 0.5) is 4.79 Å². The molecule has 0 unspecified atom stereocenters. The van der Waals surface area contributed by atoms with Crippen LogP contribution in [0.25, 0.3) is 11.8 Å². The van der Waals surface area contributed by atoms with Crippen LogP contribution in [0.15, 0.2) is 58.9 Å². The van der Waals surface area contributed by atoms with Gasteiger partial charge in [0.2, 0.25) is 11.1 Å². The molecule has 0 bridgehead atoms. The first-order valence-electron chi connectivity index (χ1n) is 10.0. The molecule has 0 spiro atoms. The summed E-state index contributed by atoms with van der Waals surface area (Å²) >= 11 is 2.04. The van der Waals surface area contributed by atoms with Gasteiger partial charge in [-0.15, -0.1) is 5.10 Å². The summed E-state index contributed by atoms with van der Waals surface area (Å²) in [6, 6.07) is 10.7. The Bertz CT molecular complexity index is 1220. The van der Waals surface area contributed by atoms with E-state index in [0.717, 1.165) is 27.9 Å². The standard InChI is InChI=1S/C21H19N7O4S2/c1-32-16-6-4-15(5-7-16)28-20(24-25-26-28)33-13-18(29)23-9-10-27-19(30)17(34-21(27)31)11-14-3-2-8-22-12-14/h2-8,11-12H,9-10,13H2,1H3,(H,23,29)/b17-11-. The molecule has 2 aromatic heterocycles. The monoisotopic (exact) mass is 497 g/mol. The van der Waals surface area contributed by atoms with E-state index in [1.807, 2.05) is 0 Å². The normalized spacial score (nSPS) is 14.6. The first-order valence-corrected chi connectivity index (χ1v) is 11.8. The zero-order valence-corrected chi connectivity index (χ0v) is 19.6. The SMILES string of the molecule is COc1ccc(-n2nnnc2SCC(=O)NCCN2C(=O)S/C(=C\c3cccnc3)C2=O)cc1. The molecule has 1 saturated heterocycles. The fourth-order valence-electron chi connectivity index (χ4n) is 2.95. The van der Waals surface area contributed by atoms with Crippen molar-refractivity contribution in [3.63, 3.8) is 0 Å². The molecule has 0 radical (unpaired) electrons. The maximum Gasteiger partial charge on any atom is 0.293 e. The summed E-state index contributed by atoms with van der Waals surface area (Å²) in [6.07, 6.45) is 4.86. The average Bonchev–Trinajstić information content (AvgIpc) is 3.43. The molecule has 3 aromatic rings. The van der Waals surface area contributed by atoms with Crippen molar-refractivity contribution in [1.82, 2.24) is 35.4 Å². The highest BCUT2D eigenvalue weighted by atomic mass is 32.2. The van der Waals surface area contributed by atoms with Crippen LogP contribution in [0.2, 0.25) is 0 Å². The molecule has 11 nitrogen and oxygen atoms in total. The van der Waals surface area contributed by atoms with E-state index in [4.69, 9.17) is 4.74 Å². The van der Waals surface area contributed by atoms with Crippen molar-refractivity contribution in [3.05, 3.63) is 59.3 Å². The number of ether oxygens (including phenoxy) is 1. The fourth-order valence-corrected chi connectivity index (χ4v) is 4.53. The van der Waals surface area contributed by atoms with Crippen molar-refractivity contribution in [3.8, 4) is 11.4 Å². The minimum atomic E-state index is -0.388. The van der Waals surface area contributed by atoms with Crippen molar-refractivity contribution in [1.29, 1.82) is 0 Å². The van der Waals surface area contributed by atoms with E-state index < -0.39 is 0 Å². The molecule has 1 aliphatic rings. The number of methoxy groups -OCH3 is 1. The second-order valence-electron chi connectivity index (χ2n) is 6.83. The molecule has 34 heavy (non-hydrogen) atoms. The number of carbonyl (C=O) groups is 3. The number of amides is 3. The number of hydrogen-bond donors (Lipinski definition) is 1. The zero-order valence-electron chi connectivity index (χ0n) is 18.0. The summed E-state index contributed by atoms with van der Waals surface area (Å²) in [5.74, 6) is 0.117. The number of nitrogens with one attached hydrogen (secondary N) is 1. The minimum Gasteiger partial charge on any atom is -0.497 e. The zero-order chi connectivity index (χ0) is 23.9. The number of carbonyl (C=O) groups excluding carboxylic acids is 3. The lowest BCUT2D eigenvalue weighted by Gasteiger charge is -2.12. The Balaban J connectivity index is 1.26. The number of rotatable bonds is 9. The molecule has 4 rings (SSSR count). The van der Waals surface area contributed by atoms with E-state index in [1.54, 1.807) is 62.0 Å². The Hall–Kier alpha value is -3.71. The second-order valence-corrected chi connectivity index (χ2v) is 8.77. The summed E-state index contributed by atoms with van der Waals surface area (Å²) in [5.41, 5.74) is 1.46. The van der Waals surface area contributed by atoms with Gasteiger partial charge in [-0.3, -0.25) is 24.3 Å². The van der Waals surface area contributed by atoms with E-state index in [0.29, 0.717) is 15.8 Å². The summed E-state index contributed by atoms with van der Waals surface area (Å²) in [5, 5.41) is 14.4. The van der Waals surface area contributed by atoms with E-state index in [1.165, 1.54) is 16.4 Å². The maximum absolute atomic E-state index is 12.5. The third kappa shape index (κ3) is 5.61. The summed E-state index contributed by atoms with van der Waals surface area (Å²) < 4.78 is 6.66. The Labute approximate surface area is 202 Å². The number of benzene rings is 1. The van der Waals surface area contributed by atoms with Crippen LogP contribution in [0.1, 0.15) is 5.56 Å². The molecule has 174 valence electrons. The van der Waals surface area contributed by atoms with Crippen LogP contribution >= 0.6 is 23.5 Å². The Morgan fingerprint density at radius 1 is 1.24 bits per heavy atom. The highest BCUT2D eigenvalue weighted by Gasteiger charge is 2.34. The lowest BCUT2D eigenvalue weighted by atomic mass is 10.2. The minimum absolute atomic E-state index is 0.0688.